The number of likely N-dealkylation sites (tertiary alicyclic amines) is 1. The fourth-order valence-electron chi connectivity index (χ4n) is 3.06. The quantitative estimate of drug-likeness (QED) is 0.883. The molecule has 0 bridgehead atoms. The van der Waals surface area contributed by atoms with Crippen molar-refractivity contribution in [3.63, 3.8) is 0 Å². The van der Waals surface area contributed by atoms with E-state index < -0.39 is 0 Å². The van der Waals surface area contributed by atoms with E-state index in [1.165, 1.54) is 22.7 Å². The number of carbonyl (C=O) groups is 1. The Bertz CT molecular complexity index is 725. The van der Waals surface area contributed by atoms with Gasteiger partial charge in [0.05, 0.1) is 0 Å². The van der Waals surface area contributed by atoms with E-state index in [-0.39, 0.29) is 6.03 Å². The predicted molar refractivity (Wildman–Crippen MR) is 97.9 cm³/mol. The maximum absolute atomic E-state index is 12.3. The molecule has 7 heteroatoms. The van der Waals surface area contributed by atoms with Crippen LogP contribution in [-0.2, 0) is 6.42 Å². The van der Waals surface area contributed by atoms with Crippen molar-refractivity contribution in [2.24, 2.45) is 5.92 Å². The smallest absolute Gasteiger partial charge is 0.323 e. The summed E-state index contributed by atoms with van der Waals surface area (Å²) >= 11 is 7.24. The maximum atomic E-state index is 12.3. The zero-order valence-corrected chi connectivity index (χ0v) is 15.5. The van der Waals surface area contributed by atoms with Crippen LogP contribution in [0.4, 0.5) is 9.93 Å². The van der Waals surface area contributed by atoms with Gasteiger partial charge in [-0.3, -0.25) is 5.32 Å². The molecule has 1 aromatic carbocycles. The molecule has 0 spiro atoms. The number of aryl methyl sites for hydroxylation is 2. The summed E-state index contributed by atoms with van der Waals surface area (Å²) in [6.45, 7) is 5.48. The van der Waals surface area contributed by atoms with Crippen LogP contribution in [0.3, 0.4) is 0 Å². The molecule has 0 atom stereocenters. The van der Waals surface area contributed by atoms with Crippen LogP contribution in [0.5, 0.6) is 0 Å². The first-order valence-electron chi connectivity index (χ1n) is 8.12. The van der Waals surface area contributed by atoms with Crippen LogP contribution in [-0.4, -0.2) is 33.4 Å². The average Bonchev–Trinajstić information content (AvgIpc) is 2.96. The number of piperidine rings is 1. The van der Waals surface area contributed by atoms with Crippen molar-refractivity contribution in [1.29, 1.82) is 0 Å². The lowest BCUT2D eigenvalue weighted by atomic mass is 9.89. The Morgan fingerprint density at radius 3 is 2.75 bits per heavy atom. The molecule has 1 saturated heterocycles. The summed E-state index contributed by atoms with van der Waals surface area (Å²) in [6.07, 6.45) is 3.09. The number of hydrogen-bond donors (Lipinski definition) is 1. The van der Waals surface area contributed by atoms with E-state index in [0.29, 0.717) is 16.9 Å². The summed E-state index contributed by atoms with van der Waals surface area (Å²) in [6, 6.07) is 6.02. The number of benzene rings is 1. The molecular formula is C17H21ClN4OS. The molecule has 0 radical (unpaired) electrons. The molecule has 2 heterocycles. The van der Waals surface area contributed by atoms with E-state index in [4.69, 9.17) is 11.6 Å². The minimum absolute atomic E-state index is 0.0766. The van der Waals surface area contributed by atoms with Crippen LogP contribution >= 0.6 is 23.1 Å². The Morgan fingerprint density at radius 2 is 2.12 bits per heavy atom. The molecule has 0 unspecified atom stereocenters. The highest BCUT2D eigenvalue weighted by atomic mass is 35.5. The third-order valence-corrected chi connectivity index (χ3v) is 5.41. The number of anilines is 1. The van der Waals surface area contributed by atoms with E-state index in [2.05, 4.69) is 27.7 Å². The SMILES string of the molecule is Cc1nsc(NC(=O)N2CCC(Cc3ccc(Cl)cc3C)CC2)n1. The van der Waals surface area contributed by atoms with Crippen LogP contribution in [0.25, 0.3) is 0 Å². The molecule has 1 aliphatic rings. The number of halogens is 1. The second kappa shape index (κ2) is 7.49. The fourth-order valence-corrected chi connectivity index (χ4v) is 3.85. The van der Waals surface area contributed by atoms with Gasteiger partial charge in [0.2, 0.25) is 5.13 Å². The van der Waals surface area contributed by atoms with E-state index >= 15 is 0 Å². The van der Waals surface area contributed by atoms with Gasteiger partial charge < -0.3 is 4.90 Å². The van der Waals surface area contributed by atoms with Gasteiger partial charge in [0.1, 0.15) is 5.82 Å². The first-order chi connectivity index (χ1) is 11.5. The van der Waals surface area contributed by atoms with Crippen LogP contribution < -0.4 is 5.32 Å². The molecule has 2 aromatic rings. The van der Waals surface area contributed by atoms with Crippen molar-refractivity contribution in [1.82, 2.24) is 14.3 Å². The highest BCUT2D eigenvalue weighted by Gasteiger charge is 2.24. The summed E-state index contributed by atoms with van der Waals surface area (Å²) in [7, 11) is 0. The topological polar surface area (TPSA) is 58.1 Å². The standard InChI is InChI=1S/C17H21ClN4OS/c1-11-9-15(18)4-3-14(11)10-13-5-7-22(8-6-13)17(23)20-16-19-12(2)21-24-16/h3-4,9,13H,5-8,10H2,1-2H3,(H,19,20,21,23). The Hall–Kier alpha value is -1.66. The van der Waals surface area contributed by atoms with E-state index in [9.17, 15) is 4.79 Å². The van der Waals surface area contributed by atoms with Crippen molar-refractivity contribution in [2.75, 3.05) is 18.4 Å². The average molecular weight is 365 g/mol. The van der Waals surface area contributed by atoms with Gasteiger partial charge in [0.25, 0.3) is 0 Å². The fraction of sp³-hybridized carbons (Fsp3) is 0.471. The number of aromatic nitrogens is 2. The molecule has 1 aromatic heterocycles. The first-order valence-corrected chi connectivity index (χ1v) is 9.27. The van der Waals surface area contributed by atoms with Gasteiger partial charge in [-0.25, -0.2) is 9.78 Å². The summed E-state index contributed by atoms with van der Waals surface area (Å²) in [5.41, 5.74) is 2.60. The molecule has 0 aliphatic carbocycles. The van der Waals surface area contributed by atoms with Crippen molar-refractivity contribution < 1.29 is 4.79 Å². The lowest BCUT2D eigenvalue weighted by molar-refractivity contribution is 0.182. The Kier molecular flexibility index (Phi) is 5.36. The normalized spacial score (nSPS) is 15.5. The van der Waals surface area contributed by atoms with E-state index in [0.717, 1.165) is 37.4 Å². The molecule has 5 nitrogen and oxygen atoms in total. The van der Waals surface area contributed by atoms with Crippen LogP contribution in [0.15, 0.2) is 18.2 Å². The molecular weight excluding hydrogens is 344 g/mol. The lowest BCUT2D eigenvalue weighted by Gasteiger charge is -2.32. The number of urea groups is 1. The Balaban J connectivity index is 1.51. The number of hydrogen-bond acceptors (Lipinski definition) is 4. The summed E-state index contributed by atoms with van der Waals surface area (Å²) in [5, 5.41) is 4.18. The van der Waals surface area contributed by atoms with Gasteiger partial charge in [0, 0.05) is 29.6 Å². The highest BCUT2D eigenvalue weighted by Crippen LogP contribution is 2.25. The van der Waals surface area contributed by atoms with Crippen molar-refractivity contribution in [2.45, 2.75) is 33.1 Å². The van der Waals surface area contributed by atoms with Crippen molar-refractivity contribution >= 4 is 34.3 Å². The first kappa shape index (κ1) is 17.2. The molecule has 0 saturated carbocycles. The summed E-state index contributed by atoms with van der Waals surface area (Å²) < 4.78 is 4.08. The second-order valence-corrected chi connectivity index (χ2v) is 7.47. The molecule has 128 valence electrons. The lowest BCUT2D eigenvalue weighted by Crippen LogP contribution is -2.41. The minimum Gasteiger partial charge on any atom is -0.324 e. The molecule has 24 heavy (non-hydrogen) atoms. The third kappa shape index (κ3) is 4.24. The minimum atomic E-state index is -0.0766. The number of nitrogens with zero attached hydrogens (tertiary/aromatic N) is 3. The summed E-state index contributed by atoms with van der Waals surface area (Å²) in [4.78, 5) is 18.3. The zero-order chi connectivity index (χ0) is 17.1. The number of amides is 2. The van der Waals surface area contributed by atoms with Gasteiger partial charge in [-0.05, 0) is 62.3 Å². The van der Waals surface area contributed by atoms with Gasteiger partial charge in [-0.15, -0.1) is 0 Å². The maximum Gasteiger partial charge on any atom is 0.323 e. The number of carbonyl (C=O) groups excluding carboxylic acids is 1. The molecule has 2 amide bonds. The van der Waals surface area contributed by atoms with E-state index in [1.54, 1.807) is 0 Å². The molecule has 1 aliphatic heterocycles. The zero-order valence-electron chi connectivity index (χ0n) is 13.9. The van der Waals surface area contributed by atoms with Crippen molar-refractivity contribution in [3.8, 4) is 0 Å². The predicted octanol–water partition coefficient (Wildman–Crippen LogP) is 4.29. The highest BCUT2D eigenvalue weighted by molar-refractivity contribution is 7.09. The van der Waals surface area contributed by atoms with Gasteiger partial charge in [0.15, 0.2) is 0 Å². The third-order valence-electron chi connectivity index (χ3n) is 4.46. The number of nitrogens with one attached hydrogen (secondary N) is 1. The van der Waals surface area contributed by atoms with Crippen LogP contribution in [0.1, 0.15) is 29.8 Å². The second-order valence-electron chi connectivity index (χ2n) is 6.28. The van der Waals surface area contributed by atoms with Gasteiger partial charge in [-0.1, -0.05) is 17.7 Å². The largest absolute Gasteiger partial charge is 0.324 e. The Morgan fingerprint density at radius 1 is 1.38 bits per heavy atom. The number of rotatable bonds is 3. The monoisotopic (exact) mass is 364 g/mol. The van der Waals surface area contributed by atoms with Gasteiger partial charge in [-0.2, -0.15) is 4.37 Å². The van der Waals surface area contributed by atoms with Crippen LogP contribution in [0.2, 0.25) is 5.02 Å². The molecule has 1 fully saturated rings. The van der Waals surface area contributed by atoms with Crippen molar-refractivity contribution in [3.05, 3.63) is 40.2 Å². The molecule has 1 N–H and O–H groups in total. The Labute approximate surface area is 151 Å². The molecule has 3 rings (SSSR count). The van der Waals surface area contributed by atoms with Crippen LogP contribution in [0, 0.1) is 19.8 Å². The van der Waals surface area contributed by atoms with E-state index in [1.807, 2.05) is 24.0 Å². The van der Waals surface area contributed by atoms with Gasteiger partial charge >= 0.3 is 6.03 Å². The summed E-state index contributed by atoms with van der Waals surface area (Å²) in [5.74, 6) is 1.30.